The van der Waals surface area contributed by atoms with Crippen LogP contribution in [0.5, 0.6) is 0 Å². The maximum atomic E-state index is 11.0. The maximum absolute atomic E-state index is 11.0. The van der Waals surface area contributed by atoms with Gasteiger partial charge in [0, 0.05) is 29.9 Å². The molecule has 3 aliphatic rings. The van der Waals surface area contributed by atoms with Crippen molar-refractivity contribution in [1.29, 1.82) is 0 Å². The molecule has 3 saturated heterocycles. The van der Waals surface area contributed by atoms with Crippen LogP contribution in [0.2, 0.25) is 0 Å². The highest BCUT2D eigenvalue weighted by molar-refractivity contribution is 5.95. The Bertz CT molecular complexity index is 930. The fourth-order valence-electron chi connectivity index (χ4n) is 4.05. The third kappa shape index (κ3) is 3.85. The first-order valence-electron chi connectivity index (χ1n) is 9.41. The SMILES string of the molecule is CC1CN2CCC1CC2.NC(=O)c1cc2cc(-c3cncnc3)ccc2o1. The predicted molar refractivity (Wildman–Crippen MR) is 104 cm³/mol. The summed E-state index contributed by atoms with van der Waals surface area (Å²) in [5.41, 5.74) is 7.67. The Balaban J connectivity index is 0.000000167. The summed E-state index contributed by atoms with van der Waals surface area (Å²) in [4.78, 5) is 21.6. The van der Waals surface area contributed by atoms with Crippen molar-refractivity contribution < 1.29 is 9.21 Å². The molecule has 1 amide bonds. The van der Waals surface area contributed by atoms with Gasteiger partial charge in [0.15, 0.2) is 5.76 Å². The number of nitrogens with two attached hydrogens (primary N) is 1. The first-order chi connectivity index (χ1) is 13.1. The average Bonchev–Trinajstić information content (AvgIpc) is 3.14. The highest BCUT2D eigenvalue weighted by atomic mass is 16.3. The fraction of sp³-hybridized carbons (Fsp3) is 0.381. The molecule has 2 N–H and O–H groups in total. The molecule has 1 aromatic carbocycles. The minimum absolute atomic E-state index is 0.159. The van der Waals surface area contributed by atoms with Gasteiger partial charge in [0.25, 0.3) is 5.91 Å². The van der Waals surface area contributed by atoms with Gasteiger partial charge < -0.3 is 15.1 Å². The second kappa shape index (κ2) is 7.48. The molecule has 0 radical (unpaired) electrons. The smallest absolute Gasteiger partial charge is 0.284 e. The predicted octanol–water partition coefficient (Wildman–Crippen LogP) is 3.34. The number of amides is 1. The third-order valence-corrected chi connectivity index (χ3v) is 5.64. The van der Waals surface area contributed by atoms with Gasteiger partial charge in [-0.15, -0.1) is 0 Å². The largest absolute Gasteiger partial charge is 0.451 e. The van der Waals surface area contributed by atoms with Gasteiger partial charge in [0.05, 0.1) is 0 Å². The molecule has 2 aromatic heterocycles. The van der Waals surface area contributed by atoms with Gasteiger partial charge in [-0.1, -0.05) is 13.0 Å². The Kier molecular flexibility index (Phi) is 4.90. The molecule has 3 fully saturated rings. The van der Waals surface area contributed by atoms with Crippen LogP contribution in [0.3, 0.4) is 0 Å². The van der Waals surface area contributed by atoms with Crippen LogP contribution < -0.4 is 5.73 Å². The summed E-state index contributed by atoms with van der Waals surface area (Å²) in [7, 11) is 0. The van der Waals surface area contributed by atoms with Crippen molar-refractivity contribution in [1.82, 2.24) is 14.9 Å². The van der Waals surface area contributed by atoms with Crippen LogP contribution in [0.15, 0.2) is 47.4 Å². The molecule has 27 heavy (non-hydrogen) atoms. The Hall–Kier alpha value is -2.73. The Labute approximate surface area is 158 Å². The van der Waals surface area contributed by atoms with Gasteiger partial charge in [0.1, 0.15) is 11.9 Å². The Morgan fingerprint density at radius 2 is 1.89 bits per heavy atom. The molecule has 0 saturated carbocycles. The molecule has 6 nitrogen and oxygen atoms in total. The zero-order valence-corrected chi connectivity index (χ0v) is 15.5. The molecular formula is C21H24N4O2. The summed E-state index contributed by atoms with van der Waals surface area (Å²) >= 11 is 0. The van der Waals surface area contributed by atoms with Crippen molar-refractivity contribution >= 4 is 16.9 Å². The number of carbonyl (C=O) groups excluding carboxylic acids is 1. The highest BCUT2D eigenvalue weighted by Crippen LogP contribution is 2.31. The molecule has 140 valence electrons. The van der Waals surface area contributed by atoms with Crippen molar-refractivity contribution in [3.63, 3.8) is 0 Å². The number of primary amides is 1. The number of carbonyl (C=O) groups is 1. The summed E-state index contributed by atoms with van der Waals surface area (Å²) in [6, 6.07) is 7.22. The van der Waals surface area contributed by atoms with Gasteiger partial charge in [-0.25, -0.2) is 9.97 Å². The standard InChI is InChI=1S/C13H9N3O2.C8H15N/c14-13(17)12-4-9-3-8(1-2-11(9)18-12)10-5-15-7-16-6-10;1-7-6-9-4-2-8(7)3-5-9/h1-7H,(H2,14,17);7-8H,2-6H2,1H3. The number of nitrogens with zero attached hydrogens (tertiary/aromatic N) is 3. The van der Waals surface area contributed by atoms with Crippen LogP contribution >= 0.6 is 0 Å². The summed E-state index contributed by atoms with van der Waals surface area (Å²) < 4.78 is 5.31. The van der Waals surface area contributed by atoms with E-state index in [4.69, 9.17) is 10.2 Å². The zero-order valence-electron chi connectivity index (χ0n) is 15.5. The minimum Gasteiger partial charge on any atom is -0.451 e. The zero-order chi connectivity index (χ0) is 18.8. The van der Waals surface area contributed by atoms with Gasteiger partial charge in [-0.05, 0) is 61.5 Å². The van der Waals surface area contributed by atoms with E-state index in [0.29, 0.717) is 5.58 Å². The molecule has 1 unspecified atom stereocenters. The van der Waals surface area contributed by atoms with Crippen molar-refractivity contribution in [2.45, 2.75) is 19.8 Å². The average molecular weight is 364 g/mol. The van der Waals surface area contributed by atoms with Gasteiger partial charge in [-0.2, -0.15) is 0 Å². The summed E-state index contributed by atoms with van der Waals surface area (Å²) in [5, 5.41) is 0.824. The molecule has 0 spiro atoms. The number of aromatic nitrogens is 2. The molecule has 6 rings (SSSR count). The first kappa shape index (κ1) is 17.7. The Morgan fingerprint density at radius 1 is 1.15 bits per heavy atom. The van der Waals surface area contributed by atoms with E-state index in [1.165, 1.54) is 38.8 Å². The van der Waals surface area contributed by atoms with Crippen molar-refractivity contribution in [2.75, 3.05) is 19.6 Å². The normalized spacial score (nSPS) is 23.7. The highest BCUT2D eigenvalue weighted by Gasteiger charge is 2.30. The Morgan fingerprint density at radius 3 is 2.44 bits per heavy atom. The summed E-state index contributed by atoms with van der Waals surface area (Å²) in [5.74, 6) is 1.66. The van der Waals surface area contributed by atoms with E-state index in [1.807, 2.05) is 12.1 Å². The molecular weight excluding hydrogens is 340 g/mol. The van der Waals surface area contributed by atoms with Crippen molar-refractivity contribution in [3.8, 4) is 11.1 Å². The van der Waals surface area contributed by atoms with E-state index < -0.39 is 5.91 Å². The number of hydrogen-bond donors (Lipinski definition) is 1. The van der Waals surface area contributed by atoms with E-state index in [0.717, 1.165) is 28.3 Å². The second-order valence-electron chi connectivity index (χ2n) is 7.47. The lowest BCUT2D eigenvalue weighted by Crippen LogP contribution is -2.46. The number of piperidine rings is 3. The van der Waals surface area contributed by atoms with E-state index >= 15 is 0 Å². The number of hydrogen-bond acceptors (Lipinski definition) is 5. The fourth-order valence-corrected chi connectivity index (χ4v) is 4.05. The lowest BCUT2D eigenvalue weighted by molar-refractivity contribution is 0.0603. The van der Waals surface area contributed by atoms with Crippen LogP contribution in [-0.2, 0) is 0 Å². The number of benzene rings is 1. The number of furan rings is 1. The monoisotopic (exact) mass is 364 g/mol. The van der Waals surface area contributed by atoms with Crippen LogP contribution in [0.4, 0.5) is 0 Å². The van der Waals surface area contributed by atoms with E-state index in [1.54, 1.807) is 24.5 Å². The van der Waals surface area contributed by atoms with Gasteiger partial charge in [0.2, 0.25) is 0 Å². The summed E-state index contributed by atoms with van der Waals surface area (Å²) in [6.45, 7) is 6.55. The van der Waals surface area contributed by atoms with Crippen LogP contribution in [0.25, 0.3) is 22.1 Å². The molecule has 5 heterocycles. The topological polar surface area (TPSA) is 85.2 Å². The van der Waals surface area contributed by atoms with Crippen LogP contribution in [0.1, 0.15) is 30.3 Å². The van der Waals surface area contributed by atoms with E-state index in [-0.39, 0.29) is 5.76 Å². The van der Waals surface area contributed by atoms with Crippen LogP contribution in [-0.4, -0.2) is 40.4 Å². The van der Waals surface area contributed by atoms with Crippen LogP contribution in [0, 0.1) is 11.8 Å². The second-order valence-corrected chi connectivity index (χ2v) is 7.47. The molecule has 6 heteroatoms. The lowest BCUT2D eigenvalue weighted by atomic mass is 9.80. The summed E-state index contributed by atoms with van der Waals surface area (Å²) in [6.07, 6.45) is 7.87. The van der Waals surface area contributed by atoms with Crippen molar-refractivity contribution in [3.05, 3.63) is 48.7 Å². The maximum Gasteiger partial charge on any atom is 0.284 e. The molecule has 0 aliphatic carbocycles. The van der Waals surface area contributed by atoms with E-state index in [9.17, 15) is 4.79 Å². The number of fused-ring (bicyclic) bond motifs is 4. The van der Waals surface area contributed by atoms with Gasteiger partial charge >= 0.3 is 0 Å². The molecule has 3 aromatic rings. The first-order valence-corrected chi connectivity index (χ1v) is 9.41. The molecule has 1 atom stereocenters. The third-order valence-electron chi connectivity index (χ3n) is 5.64. The van der Waals surface area contributed by atoms with E-state index in [2.05, 4.69) is 21.8 Å². The quantitative estimate of drug-likeness (QED) is 0.754. The molecule has 2 bridgehead atoms. The van der Waals surface area contributed by atoms with Gasteiger partial charge in [-0.3, -0.25) is 4.79 Å². The lowest BCUT2D eigenvalue weighted by Gasteiger charge is -2.43. The number of rotatable bonds is 2. The molecule has 3 aliphatic heterocycles. The minimum atomic E-state index is -0.573. The van der Waals surface area contributed by atoms with Crippen molar-refractivity contribution in [2.24, 2.45) is 17.6 Å².